The van der Waals surface area contributed by atoms with Gasteiger partial charge >= 0.3 is 0 Å². The first-order chi connectivity index (χ1) is 9.77. The number of nitrogen functional groups attached to an aromatic ring is 2. The van der Waals surface area contributed by atoms with E-state index in [4.69, 9.17) is 16.0 Å². The fourth-order valence-electron chi connectivity index (χ4n) is 1.37. The van der Waals surface area contributed by atoms with E-state index in [0.717, 1.165) is 12.1 Å². The van der Waals surface area contributed by atoms with E-state index in [1.807, 2.05) is 0 Å². The molecule has 0 amide bonds. The van der Waals surface area contributed by atoms with Crippen LogP contribution in [0.4, 0.5) is 23.1 Å². The van der Waals surface area contributed by atoms with Crippen LogP contribution in [-0.4, -0.2) is 28.0 Å². The monoisotopic (exact) mass is 310 g/mol. The molecule has 0 bridgehead atoms. The van der Waals surface area contributed by atoms with Gasteiger partial charge < -0.3 is 16.6 Å². The molecule has 21 heavy (non-hydrogen) atoms. The average Bonchev–Trinajstić information content (AvgIpc) is 2.37. The first-order valence-corrected chi connectivity index (χ1v) is 6.82. The maximum atomic E-state index is 10.9. The minimum atomic E-state index is -4.27. The summed E-state index contributed by atoms with van der Waals surface area (Å²) in [6, 6.07) is 4.90. The summed E-state index contributed by atoms with van der Waals surface area (Å²) in [5, 5.41) is 16.9. The molecule has 0 aliphatic heterocycles. The Hall–Kier alpha value is -2.79. The van der Waals surface area contributed by atoms with Crippen molar-refractivity contribution >= 4 is 33.3 Å². The van der Waals surface area contributed by atoms with Gasteiger partial charge in [-0.1, -0.05) is 0 Å². The topological polar surface area (TPSA) is 177 Å². The van der Waals surface area contributed by atoms with Crippen LogP contribution in [0.1, 0.15) is 0 Å². The Bertz CT molecular complexity index is 780. The molecule has 0 saturated carbocycles. The van der Waals surface area contributed by atoms with E-state index in [0.29, 0.717) is 0 Å². The van der Waals surface area contributed by atoms with Gasteiger partial charge in [-0.25, -0.2) is 0 Å². The molecule has 0 fully saturated rings. The number of hydrogen-bond acceptors (Lipinski definition) is 9. The standard InChI is InChI=1S/C10H10N6O4S/c11-8-7(9(17)14-10(12)13-8)16-15-5-1-3-6(4-2-5)21(18,19)20/h1-4H,(H,18,19,20)(H5,11,12,13,14,17). The second-order valence-electron chi connectivity index (χ2n) is 3.81. The van der Waals surface area contributed by atoms with Crippen molar-refractivity contribution in [3.8, 4) is 5.88 Å². The van der Waals surface area contributed by atoms with Crippen molar-refractivity contribution in [2.75, 3.05) is 11.5 Å². The Balaban J connectivity index is 2.30. The van der Waals surface area contributed by atoms with Crippen molar-refractivity contribution < 1.29 is 18.1 Å². The Labute approximate surface area is 118 Å². The summed E-state index contributed by atoms with van der Waals surface area (Å²) in [4.78, 5) is 6.80. The van der Waals surface area contributed by atoms with Crippen LogP contribution in [0.3, 0.4) is 0 Å². The molecule has 1 aromatic carbocycles. The van der Waals surface area contributed by atoms with Gasteiger partial charge in [0.25, 0.3) is 10.1 Å². The van der Waals surface area contributed by atoms with E-state index in [1.54, 1.807) is 0 Å². The van der Waals surface area contributed by atoms with Crippen LogP contribution in [0.5, 0.6) is 5.88 Å². The zero-order chi connectivity index (χ0) is 15.6. The summed E-state index contributed by atoms with van der Waals surface area (Å²) in [5.41, 5.74) is 10.9. The maximum absolute atomic E-state index is 10.9. The molecule has 110 valence electrons. The molecule has 2 aromatic rings. The van der Waals surface area contributed by atoms with E-state index in [1.165, 1.54) is 12.1 Å². The third-order valence-corrected chi connectivity index (χ3v) is 3.18. The number of azo groups is 1. The molecule has 0 radical (unpaired) electrons. The van der Waals surface area contributed by atoms with E-state index in [9.17, 15) is 13.5 Å². The van der Waals surface area contributed by atoms with Crippen LogP contribution < -0.4 is 11.5 Å². The van der Waals surface area contributed by atoms with Crippen molar-refractivity contribution in [3.63, 3.8) is 0 Å². The van der Waals surface area contributed by atoms with Gasteiger partial charge in [-0.05, 0) is 24.3 Å². The van der Waals surface area contributed by atoms with Crippen LogP contribution in [-0.2, 0) is 10.1 Å². The Morgan fingerprint density at radius 1 is 1.05 bits per heavy atom. The van der Waals surface area contributed by atoms with Gasteiger partial charge in [0.05, 0.1) is 10.6 Å². The highest BCUT2D eigenvalue weighted by Crippen LogP contribution is 2.31. The lowest BCUT2D eigenvalue weighted by molar-refractivity contribution is 0.455. The van der Waals surface area contributed by atoms with Gasteiger partial charge in [-0.3, -0.25) is 4.55 Å². The summed E-state index contributed by atoms with van der Waals surface area (Å²) < 4.78 is 30.6. The second kappa shape index (κ2) is 5.30. The Morgan fingerprint density at radius 2 is 1.67 bits per heavy atom. The SMILES string of the molecule is Nc1nc(N)c(N=Nc2ccc(S(=O)(=O)O)cc2)c(O)n1. The van der Waals surface area contributed by atoms with Gasteiger partial charge in [0, 0.05) is 0 Å². The number of nitrogens with two attached hydrogens (primary N) is 2. The lowest BCUT2D eigenvalue weighted by Gasteiger charge is -2.01. The highest BCUT2D eigenvalue weighted by molar-refractivity contribution is 7.85. The number of hydrogen-bond donors (Lipinski definition) is 4. The molecular weight excluding hydrogens is 300 g/mol. The molecule has 2 rings (SSSR count). The predicted octanol–water partition coefficient (Wildman–Crippen LogP) is 1.01. The molecule has 6 N–H and O–H groups in total. The van der Waals surface area contributed by atoms with E-state index >= 15 is 0 Å². The van der Waals surface area contributed by atoms with Crippen molar-refractivity contribution in [1.82, 2.24) is 9.97 Å². The van der Waals surface area contributed by atoms with E-state index < -0.39 is 16.0 Å². The molecule has 10 nitrogen and oxygen atoms in total. The number of anilines is 2. The van der Waals surface area contributed by atoms with Crippen LogP contribution in [0.2, 0.25) is 0 Å². The zero-order valence-corrected chi connectivity index (χ0v) is 11.2. The summed E-state index contributed by atoms with van der Waals surface area (Å²) in [6.45, 7) is 0. The van der Waals surface area contributed by atoms with Gasteiger partial charge in [-0.15, -0.1) is 5.11 Å². The van der Waals surface area contributed by atoms with Crippen molar-refractivity contribution in [2.45, 2.75) is 4.90 Å². The molecule has 1 aromatic heterocycles. The van der Waals surface area contributed by atoms with Gasteiger partial charge in [0.1, 0.15) is 0 Å². The molecule has 0 aliphatic carbocycles. The van der Waals surface area contributed by atoms with Crippen molar-refractivity contribution in [2.24, 2.45) is 10.2 Å². The second-order valence-corrected chi connectivity index (χ2v) is 5.23. The summed E-state index contributed by atoms with van der Waals surface area (Å²) in [7, 11) is -4.27. The predicted molar refractivity (Wildman–Crippen MR) is 73.0 cm³/mol. The molecule has 0 unspecified atom stereocenters. The normalized spacial score (nSPS) is 11.9. The summed E-state index contributed by atoms with van der Waals surface area (Å²) >= 11 is 0. The quantitative estimate of drug-likeness (QED) is 0.479. The summed E-state index contributed by atoms with van der Waals surface area (Å²) in [6.07, 6.45) is 0. The fourth-order valence-corrected chi connectivity index (χ4v) is 1.85. The highest BCUT2D eigenvalue weighted by Gasteiger charge is 2.10. The Morgan fingerprint density at radius 3 is 2.19 bits per heavy atom. The van der Waals surface area contributed by atoms with Crippen LogP contribution >= 0.6 is 0 Å². The minimum absolute atomic E-state index is 0.154. The number of aromatic nitrogens is 2. The smallest absolute Gasteiger partial charge is 0.294 e. The van der Waals surface area contributed by atoms with Gasteiger partial charge in [0.2, 0.25) is 11.8 Å². The first-order valence-electron chi connectivity index (χ1n) is 5.38. The van der Waals surface area contributed by atoms with E-state index in [2.05, 4.69) is 20.2 Å². The number of nitrogens with zero attached hydrogens (tertiary/aromatic N) is 4. The Kier molecular flexibility index (Phi) is 3.69. The third-order valence-electron chi connectivity index (χ3n) is 2.31. The molecule has 0 aliphatic rings. The lowest BCUT2D eigenvalue weighted by atomic mass is 10.3. The number of rotatable bonds is 3. The zero-order valence-electron chi connectivity index (χ0n) is 10.4. The molecule has 0 saturated heterocycles. The third kappa shape index (κ3) is 3.40. The minimum Gasteiger partial charge on any atom is -0.492 e. The van der Waals surface area contributed by atoms with Gasteiger partial charge in [0.15, 0.2) is 11.5 Å². The molecule has 0 spiro atoms. The van der Waals surface area contributed by atoms with Crippen LogP contribution in [0.25, 0.3) is 0 Å². The summed E-state index contributed by atoms with van der Waals surface area (Å²) in [5.74, 6) is -0.891. The largest absolute Gasteiger partial charge is 0.492 e. The van der Waals surface area contributed by atoms with Gasteiger partial charge in [-0.2, -0.15) is 23.5 Å². The fraction of sp³-hybridized carbons (Fsp3) is 0. The molecule has 0 atom stereocenters. The van der Waals surface area contributed by atoms with E-state index in [-0.39, 0.29) is 28.0 Å². The first kappa shape index (κ1) is 14.6. The van der Waals surface area contributed by atoms with Crippen molar-refractivity contribution in [3.05, 3.63) is 24.3 Å². The average molecular weight is 310 g/mol. The van der Waals surface area contributed by atoms with Crippen molar-refractivity contribution in [1.29, 1.82) is 0 Å². The molecular formula is C10H10N6O4S. The van der Waals surface area contributed by atoms with Crippen LogP contribution in [0, 0.1) is 0 Å². The number of benzene rings is 1. The molecule has 11 heteroatoms. The molecule has 1 heterocycles. The van der Waals surface area contributed by atoms with Crippen LogP contribution in [0.15, 0.2) is 39.4 Å². The number of aromatic hydroxyl groups is 1. The lowest BCUT2D eigenvalue weighted by Crippen LogP contribution is -1.99. The maximum Gasteiger partial charge on any atom is 0.294 e. The highest BCUT2D eigenvalue weighted by atomic mass is 32.2.